The zero-order chi connectivity index (χ0) is 9.36. The molecule has 0 atom stereocenters. The Bertz CT molecular complexity index is 281. The molecule has 0 N–H and O–H groups in total. The molecule has 0 saturated heterocycles. The van der Waals surface area contributed by atoms with Gasteiger partial charge in [0.05, 0.1) is 0 Å². The maximum absolute atomic E-state index is 5.54. The Kier molecular flexibility index (Phi) is 4.65. The Labute approximate surface area is 83.0 Å². The first-order valence-electron chi connectivity index (χ1n) is 3.95. The molecule has 1 nitrogen and oxygen atoms in total. The molecule has 1 heterocycles. The van der Waals surface area contributed by atoms with Crippen molar-refractivity contribution in [2.45, 2.75) is 0 Å². The summed E-state index contributed by atoms with van der Waals surface area (Å²) in [5.74, 6) is 0. The van der Waals surface area contributed by atoms with Crippen LogP contribution in [-0.2, 0) is 0 Å². The van der Waals surface area contributed by atoms with Crippen LogP contribution in [0.25, 0.3) is 0 Å². The first-order chi connectivity index (χ1) is 6.39. The standard InChI is InChI=1S/C6H5Cl.C5H5N/c7-6-4-2-1-3-5-6;1-2-4-6-5-3-1/h1-5H;1-5H. The Morgan fingerprint density at radius 1 is 0.769 bits per heavy atom. The van der Waals surface area contributed by atoms with Crippen LogP contribution in [0.15, 0.2) is 60.9 Å². The van der Waals surface area contributed by atoms with E-state index in [2.05, 4.69) is 4.98 Å². The summed E-state index contributed by atoms with van der Waals surface area (Å²) in [4.78, 5) is 3.78. The molecule has 1 aromatic carbocycles. The van der Waals surface area contributed by atoms with Crippen LogP contribution in [0.3, 0.4) is 0 Å². The van der Waals surface area contributed by atoms with Crippen LogP contribution >= 0.6 is 11.6 Å². The van der Waals surface area contributed by atoms with Gasteiger partial charge in [-0.2, -0.15) is 0 Å². The van der Waals surface area contributed by atoms with Gasteiger partial charge in [0, 0.05) is 17.4 Å². The van der Waals surface area contributed by atoms with Crippen molar-refractivity contribution in [3.63, 3.8) is 0 Å². The molecule has 0 unspecified atom stereocenters. The van der Waals surface area contributed by atoms with Crippen molar-refractivity contribution in [3.8, 4) is 0 Å². The largest absolute Gasteiger partial charge is 0.265 e. The molecule has 2 rings (SSSR count). The normalized spacial score (nSPS) is 8.38. The van der Waals surface area contributed by atoms with Crippen molar-refractivity contribution in [1.29, 1.82) is 0 Å². The molecule has 1 aromatic heterocycles. The van der Waals surface area contributed by atoms with E-state index >= 15 is 0 Å². The predicted octanol–water partition coefficient (Wildman–Crippen LogP) is 3.42. The van der Waals surface area contributed by atoms with E-state index < -0.39 is 0 Å². The summed E-state index contributed by atoms with van der Waals surface area (Å²) in [6.07, 6.45) is 3.50. The van der Waals surface area contributed by atoms with E-state index in [0.717, 1.165) is 5.02 Å². The minimum Gasteiger partial charge on any atom is -0.265 e. The summed E-state index contributed by atoms with van der Waals surface area (Å²) in [5, 5.41) is 0.794. The fourth-order valence-corrected chi connectivity index (χ4v) is 0.873. The minimum atomic E-state index is 0.794. The van der Waals surface area contributed by atoms with Crippen LogP contribution in [0, 0.1) is 0 Å². The summed E-state index contributed by atoms with van der Waals surface area (Å²) in [6, 6.07) is 15.2. The monoisotopic (exact) mass is 191 g/mol. The minimum absolute atomic E-state index is 0.794. The fraction of sp³-hybridized carbons (Fsp3) is 0. The zero-order valence-corrected chi connectivity index (χ0v) is 7.85. The summed E-state index contributed by atoms with van der Waals surface area (Å²) in [7, 11) is 0. The number of benzene rings is 1. The van der Waals surface area contributed by atoms with E-state index in [1.54, 1.807) is 12.4 Å². The molecule has 0 aliphatic rings. The van der Waals surface area contributed by atoms with Crippen LogP contribution < -0.4 is 0 Å². The molecule has 13 heavy (non-hydrogen) atoms. The van der Waals surface area contributed by atoms with Crippen molar-refractivity contribution in [2.24, 2.45) is 0 Å². The number of pyridine rings is 1. The first-order valence-corrected chi connectivity index (χ1v) is 4.33. The lowest BCUT2D eigenvalue weighted by Gasteiger charge is -1.80. The zero-order valence-electron chi connectivity index (χ0n) is 7.10. The third-order valence-electron chi connectivity index (χ3n) is 1.30. The first kappa shape index (κ1) is 9.75. The smallest absolute Gasteiger partial charge is 0.0405 e. The van der Waals surface area contributed by atoms with Gasteiger partial charge in [-0.1, -0.05) is 35.9 Å². The summed E-state index contributed by atoms with van der Waals surface area (Å²) in [5.41, 5.74) is 0. The molecule has 0 aliphatic carbocycles. The third-order valence-corrected chi connectivity index (χ3v) is 1.55. The molecule has 2 aromatic rings. The van der Waals surface area contributed by atoms with Gasteiger partial charge in [-0.15, -0.1) is 0 Å². The van der Waals surface area contributed by atoms with E-state index in [0.29, 0.717) is 0 Å². The number of hydrogen-bond donors (Lipinski definition) is 0. The van der Waals surface area contributed by atoms with Gasteiger partial charge >= 0.3 is 0 Å². The molecule has 0 spiro atoms. The van der Waals surface area contributed by atoms with Crippen LogP contribution in [0.4, 0.5) is 0 Å². The van der Waals surface area contributed by atoms with Crippen LogP contribution in [0.1, 0.15) is 0 Å². The molecule has 0 bridgehead atoms. The predicted molar refractivity (Wildman–Crippen MR) is 55.7 cm³/mol. The second kappa shape index (κ2) is 6.21. The Balaban J connectivity index is 0.000000132. The van der Waals surface area contributed by atoms with Crippen molar-refractivity contribution in [3.05, 3.63) is 65.9 Å². The third kappa shape index (κ3) is 4.99. The van der Waals surface area contributed by atoms with Gasteiger partial charge in [-0.25, -0.2) is 0 Å². The highest BCUT2D eigenvalue weighted by atomic mass is 35.5. The van der Waals surface area contributed by atoms with Crippen molar-refractivity contribution in [1.82, 2.24) is 4.98 Å². The van der Waals surface area contributed by atoms with Gasteiger partial charge in [0.15, 0.2) is 0 Å². The second-order valence-electron chi connectivity index (χ2n) is 2.32. The quantitative estimate of drug-likeness (QED) is 0.622. The summed E-state index contributed by atoms with van der Waals surface area (Å²) < 4.78 is 0. The molecular weight excluding hydrogens is 182 g/mol. The maximum Gasteiger partial charge on any atom is 0.0405 e. The Morgan fingerprint density at radius 3 is 1.54 bits per heavy atom. The average Bonchev–Trinajstić information content (AvgIpc) is 2.22. The number of halogens is 1. The van der Waals surface area contributed by atoms with Gasteiger partial charge in [-0.3, -0.25) is 4.98 Å². The van der Waals surface area contributed by atoms with Crippen molar-refractivity contribution < 1.29 is 0 Å². The average molecular weight is 192 g/mol. The molecule has 0 saturated carbocycles. The lowest BCUT2D eigenvalue weighted by atomic mass is 10.4. The number of aromatic nitrogens is 1. The van der Waals surface area contributed by atoms with Gasteiger partial charge in [-0.05, 0) is 24.3 Å². The van der Waals surface area contributed by atoms with Gasteiger partial charge in [0.2, 0.25) is 0 Å². The lowest BCUT2D eigenvalue weighted by molar-refractivity contribution is 1.33. The summed E-state index contributed by atoms with van der Waals surface area (Å²) >= 11 is 5.54. The van der Waals surface area contributed by atoms with Crippen molar-refractivity contribution >= 4 is 11.6 Å². The van der Waals surface area contributed by atoms with E-state index in [1.807, 2.05) is 48.5 Å². The molecule has 2 heteroatoms. The lowest BCUT2D eigenvalue weighted by Crippen LogP contribution is -1.58. The van der Waals surface area contributed by atoms with Crippen LogP contribution in [-0.4, -0.2) is 4.98 Å². The number of rotatable bonds is 0. The van der Waals surface area contributed by atoms with E-state index in [9.17, 15) is 0 Å². The van der Waals surface area contributed by atoms with E-state index in [1.165, 1.54) is 0 Å². The summed E-state index contributed by atoms with van der Waals surface area (Å²) in [6.45, 7) is 0. The van der Waals surface area contributed by atoms with Crippen LogP contribution in [0.5, 0.6) is 0 Å². The van der Waals surface area contributed by atoms with Crippen molar-refractivity contribution in [2.75, 3.05) is 0 Å². The fourth-order valence-electron chi connectivity index (χ4n) is 0.727. The van der Waals surface area contributed by atoms with Crippen LogP contribution in [0.2, 0.25) is 5.02 Å². The highest BCUT2D eigenvalue weighted by Crippen LogP contribution is 2.03. The number of nitrogens with zero attached hydrogens (tertiary/aromatic N) is 1. The van der Waals surface area contributed by atoms with E-state index in [-0.39, 0.29) is 0 Å². The maximum atomic E-state index is 5.54. The SMILES string of the molecule is Clc1ccccc1.c1ccncc1. The molecular formula is C11H10ClN. The van der Waals surface area contributed by atoms with Gasteiger partial charge < -0.3 is 0 Å². The number of hydrogen-bond acceptors (Lipinski definition) is 1. The molecule has 0 aliphatic heterocycles. The van der Waals surface area contributed by atoms with E-state index in [4.69, 9.17) is 11.6 Å². The Morgan fingerprint density at radius 2 is 1.31 bits per heavy atom. The molecule has 66 valence electrons. The molecule has 0 fully saturated rings. The highest BCUT2D eigenvalue weighted by Gasteiger charge is 1.74. The Hall–Kier alpha value is -1.34. The molecule has 0 amide bonds. The topological polar surface area (TPSA) is 12.9 Å². The second-order valence-corrected chi connectivity index (χ2v) is 2.76. The van der Waals surface area contributed by atoms with Gasteiger partial charge in [0.1, 0.15) is 0 Å². The molecule has 0 radical (unpaired) electrons. The van der Waals surface area contributed by atoms with Gasteiger partial charge in [0.25, 0.3) is 0 Å². The highest BCUT2D eigenvalue weighted by molar-refractivity contribution is 6.30.